The Balaban J connectivity index is 1.88. The number of nitrogens with one attached hydrogen (secondary N) is 2. The number of rotatable bonds is 6. The smallest absolute Gasteiger partial charge is 0.341 e. The van der Waals surface area contributed by atoms with Gasteiger partial charge >= 0.3 is 5.97 Å². The van der Waals surface area contributed by atoms with E-state index < -0.39 is 21.8 Å². The molecule has 3 rings (SSSR count). The number of thiophene rings is 1. The Morgan fingerprint density at radius 2 is 1.93 bits per heavy atom. The van der Waals surface area contributed by atoms with Crippen LogP contribution in [0.1, 0.15) is 44.5 Å². The van der Waals surface area contributed by atoms with Crippen molar-refractivity contribution in [1.29, 1.82) is 0 Å². The molecular weight excluding hydrogens is 443 g/mol. The minimum absolute atomic E-state index is 0.265. The molecule has 1 unspecified atom stereocenters. The van der Waals surface area contributed by atoms with E-state index in [2.05, 4.69) is 10.6 Å². The molecule has 1 heterocycles. The van der Waals surface area contributed by atoms with E-state index in [-0.39, 0.29) is 6.61 Å². The first-order valence-corrected chi connectivity index (χ1v) is 10.8. The van der Waals surface area contributed by atoms with Crippen LogP contribution in [0.5, 0.6) is 0 Å². The second-order valence-electron chi connectivity index (χ2n) is 6.24. The van der Waals surface area contributed by atoms with Gasteiger partial charge in [0.25, 0.3) is 5.91 Å². The van der Waals surface area contributed by atoms with Crippen LogP contribution in [0.3, 0.4) is 0 Å². The monoisotopic (exact) mass is 460 g/mol. The lowest BCUT2D eigenvalue weighted by atomic mass is 10.1. The molecule has 2 aromatic rings. The molecule has 9 heteroatoms. The molecule has 1 aliphatic carbocycles. The summed E-state index contributed by atoms with van der Waals surface area (Å²) in [4.78, 5) is 26.2. The van der Waals surface area contributed by atoms with Crippen molar-refractivity contribution in [2.45, 2.75) is 36.1 Å². The number of carbonyl (C=O) groups is 2. The second kappa shape index (κ2) is 8.91. The van der Waals surface area contributed by atoms with E-state index in [0.29, 0.717) is 16.1 Å². The largest absolute Gasteiger partial charge is 0.462 e. The molecule has 0 fully saturated rings. The summed E-state index contributed by atoms with van der Waals surface area (Å²) in [5.41, 5.74) is 1.87. The summed E-state index contributed by atoms with van der Waals surface area (Å²) < 4.78 is 3.37. The van der Waals surface area contributed by atoms with Gasteiger partial charge in [-0.25, -0.2) is 4.79 Å². The number of fused-ring (bicyclic) bond motifs is 1. The van der Waals surface area contributed by atoms with Crippen molar-refractivity contribution in [1.82, 2.24) is 5.32 Å². The van der Waals surface area contributed by atoms with Crippen LogP contribution >= 0.6 is 46.1 Å². The summed E-state index contributed by atoms with van der Waals surface area (Å²) in [5, 5.41) is 6.28. The van der Waals surface area contributed by atoms with Gasteiger partial charge in [-0.2, -0.15) is 0 Å². The van der Waals surface area contributed by atoms with Crippen LogP contribution in [-0.2, 0) is 17.6 Å². The number of esters is 1. The van der Waals surface area contributed by atoms with Crippen molar-refractivity contribution in [3.05, 3.63) is 51.9 Å². The predicted molar refractivity (Wildman–Crippen MR) is 114 cm³/mol. The molecule has 0 saturated heterocycles. The number of aryl methyl sites for hydroxylation is 1. The number of benzene rings is 1. The van der Waals surface area contributed by atoms with E-state index in [1.54, 1.807) is 37.3 Å². The highest BCUT2D eigenvalue weighted by Crippen LogP contribution is 2.41. The molecule has 0 saturated carbocycles. The molecule has 1 amide bonds. The van der Waals surface area contributed by atoms with E-state index in [1.807, 2.05) is 0 Å². The average molecular weight is 462 g/mol. The molecule has 1 aromatic heterocycles. The standard InChI is InChI=1S/C19H19Cl3N2O3S/c1-2-27-17(26)14-12-9-6-10-13(12)28-16(14)24-18(19(20,21)22)23-15(25)11-7-4-3-5-8-11/h3-5,7-8,18,24H,2,6,9-10H2,1H3,(H,23,25). The zero-order chi connectivity index (χ0) is 20.3. The summed E-state index contributed by atoms with van der Waals surface area (Å²) >= 11 is 19.8. The molecule has 1 atom stereocenters. The maximum absolute atomic E-state index is 12.5. The molecule has 150 valence electrons. The van der Waals surface area contributed by atoms with Crippen LogP contribution in [0.25, 0.3) is 0 Å². The minimum Gasteiger partial charge on any atom is -0.462 e. The van der Waals surface area contributed by atoms with E-state index >= 15 is 0 Å². The van der Waals surface area contributed by atoms with Crippen molar-refractivity contribution in [2.24, 2.45) is 0 Å². The van der Waals surface area contributed by atoms with Gasteiger partial charge in [-0.05, 0) is 43.9 Å². The number of ether oxygens (including phenoxy) is 1. The van der Waals surface area contributed by atoms with Crippen LogP contribution < -0.4 is 10.6 Å². The van der Waals surface area contributed by atoms with Crippen LogP contribution in [0.4, 0.5) is 5.00 Å². The number of amides is 1. The molecule has 0 bridgehead atoms. The van der Waals surface area contributed by atoms with Gasteiger partial charge in [0.05, 0.1) is 12.2 Å². The predicted octanol–water partition coefficient (Wildman–Crippen LogP) is 4.95. The molecule has 5 nitrogen and oxygen atoms in total. The van der Waals surface area contributed by atoms with Crippen molar-refractivity contribution in [2.75, 3.05) is 11.9 Å². The third-order valence-electron chi connectivity index (χ3n) is 4.32. The van der Waals surface area contributed by atoms with Gasteiger partial charge in [-0.3, -0.25) is 4.79 Å². The number of halogens is 3. The Bertz CT molecular complexity index is 865. The third-order valence-corrected chi connectivity index (χ3v) is 6.19. The zero-order valence-electron chi connectivity index (χ0n) is 15.1. The van der Waals surface area contributed by atoms with Gasteiger partial charge in [0.2, 0.25) is 3.79 Å². The maximum Gasteiger partial charge on any atom is 0.341 e. The van der Waals surface area contributed by atoms with Gasteiger partial charge in [0.15, 0.2) is 0 Å². The first-order chi connectivity index (χ1) is 13.3. The van der Waals surface area contributed by atoms with E-state index in [4.69, 9.17) is 39.5 Å². The van der Waals surface area contributed by atoms with Crippen molar-refractivity contribution < 1.29 is 14.3 Å². The molecule has 28 heavy (non-hydrogen) atoms. The Kier molecular flexibility index (Phi) is 6.76. The van der Waals surface area contributed by atoms with Gasteiger partial charge in [-0.15, -0.1) is 11.3 Å². The normalized spacial score (nSPS) is 14.3. The Labute approximate surface area is 182 Å². The SMILES string of the molecule is CCOC(=O)c1c(NC(NC(=O)c2ccccc2)C(Cl)(Cl)Cl)sc2c1CCC2. The Morgan fingerprint density at radius 3 is 2.57 bits per heavy atom. The van der Waals surface area contributed by atoms with Crippen molar-refractivity contribution in [3.8, 4) is 0 Å². The van der Waals surface area contributed by atoms with Crippen LogP contribution in [0.15, 0.2) is 30.3 Å². The van der Waals surface area contributed by atoms with Crippen LogP contribution in [-0.4, -0.2) is 28.4 Å². The topological polar surface area (TPSA) is 67.4 Å². The molecular formula is C19H19Cl3N2O3S. The minimum atomic E-state index is -1.84. The summed E-state index contributed by atoms with van der Waals surface area (Å²) in [6.45, 7) is 2.02. The lowest BCUT2D eigenvalue weighted by Gasteiger charge is -2.27. The van der Waals surface area contributed by atoms with E-state index in [1.165, 1.54) is 11.3 Å². The average Bonchev–Trinajstić information content (AvgIpc) is 3.21. The maximum atomic E-state index is 12.5. The highest BCUT2D eigenvalue weighted by atomic mass is 35.6. The number of alkyl halides is 3. The molecule has 1 aromatic carbocycles. The number of hydrogen-bond acceptors (Lipinski definition) is 5. The quantitative estimate of drug-likeness (QED) is 0.363. The second-order valence-corrected chi connectivity index (χ2v) is 9.71. The Morgan fingerprint density at radius 1 is 1.21 bits per heavy atom. The fraction of sp³-hybridized carbons (Fsp3) is 0.368. The zero-order valence-corrected chi connectivity index (χ0v) is 18.1. The highest BCUT2D eigenvalue weighted by Gasteiger charge is 2.37. The third kappa shape index (κ3) is 4.74. The van der Waals surface area contributed by atoms with Crippen molar-refractivity contribution in [3.63, 3.8) is 0 Å². The number of anilines is 1. The number of hydrogen-bond donors (Lipinski definition) is 2. The fourth-order valence-electron chi connectivity index (χ4n) is 3.06. The van der Waals surface area contributed by atoms with Crippen LogP contribution in [0.2, 0.25) is 0 Å². The Hall–Kier alpha value is -1.47. The lowest BCUT2D eigenvalue weighted by molar-refractivity contribution is 0.0527. The lowest BCUT2D eigenvalue weighted by Crippen LogP contribution is -2.49. The van der Waals surface area contributed by atoms with Crippen molar-refractivity contribution >= 4 is 63.0 Å². The molecule has 0 radical (unpaired) electrons. The molecule has 1 aliphatic rings. The summed E-state index contributed by atoms with van der Waals surface area (Å²) in [5.74, 6) is -0.812. The molecule has 0 spiro atoms. The fourth-order valence-corrected chi connectivity index (χ4v) is 4.69. The van der Waals surface area contributed by atoms with Gasteiger partial charge in [-0.1, -0.05) is 53.0 Å². The summed E-state index contributed by atoms with van der Waals surface area (Å²) in [6, 6.07) is 8.62. The highest BCUT2D eigenvalue weighted by molar-refractivity contribution is 7.16. The van der Waals surface area contributed by atoms with E-state index in [0.717, 1.165) is 29.7 Å². The van der Waals surface area contributed by atoms with Gasteiger partial charge in [0, 0.05) is 10.4 Å². The van der Waals surface area contributed by atoms with E-state index in [9.17, 15) is 9.59 Å². The van der Waals surface area contributed by atoms with Crippen LogP contribution in [0, 0.1) is 0 Å². The summed E-state index contributed by atoms with van der Waals surface area (Å²) in [6.07, 6.45) is 1.64. The molecule has 0 aliphatic heterocycles. The van der Waals surface area contributed by atoms with Gasteiger partial charge < -0.3 is 15.4 Å². The molecule has 2 N–H and O–H groups in total. The van der Waals surface area contributed by atoms with Gasteiger partial charge in [0.1, 0.15) is 11.2 Å². The first-order valence-electron chi connectivity index (χ1n) is 8.82. The number of carbonyl (C=O) groups excluding carboxylic acids is 2. The first kappa shape index (κ1) is 21.2. The summed E-state index contributed by atoms with van der Waals surface area (Å²) in [7, 11) is 0.